The van der Waals surface area contributed by atoms with Gasteiger partial charge in [0.1, 0.15) is 0 Å². The first kappa shape index (κ1) is 11.5. The molecule has 2 heteroatoms. The minimum absolute atomic E-state index is 0.350. The zero-order valence-corrected chi connectivity index (χ0v) is 11.9. The van der Waals surface area contributed by atoms with Crippen LogP contribution in [0, 0.1) is 31.6 Å². The van der Waals surface area contributed by atoms with Crippen LogP contribution in [0.3, 0.4) is 0 Å². The number of hydrogen-bond acceptors (Lipinski definition) is 1. The summed E-state index contributed by atoms with van der Waals surface area (Å²) in [5.41, 5.74) is 3.22. The third-order valence-electron chi connectivity index (χ3n) is 4.48. The van der Waals surface area contributed by atoms with Crippen molar-refractivity contribution < 1.29 is 4.79 Å². The van der Waals surface area contributed by atoms with E-state index in [1.165, 1.54) is 19.3 Å². The van der Waals surface area contributed by atoms with Crippen molar-refractivity contribution in [2.75, 3.05) is 0 Å². The van der Waals surface area contributed by atoms with E-state index in [4.69, 9.17) is 0 Å². The van der Waals surface area contributed by atoms with Crippen LogP contribution in [0.5, 0.6) is 0 Å². The molecule has 2 atom stereocenters. The average molecular weight is 293 g/mol. The Morgan fingerprint density at radius 1 is 1.18 bits per heavy atom. The Balaban J connectivity index is 1.89. The Morgan fingerprint density at radius 3 is 2.47 bits per heavy atom. The Kier molecular flexibility index (Phi) is 2.66. The fourth-order valence-electron chi connectivity index (χ4n) is 3.44. The first-order chi connectivity index (χ1) is 8.09. The van der Waals surface area contributed by atoms with Gasteiger partial charge in [0, 0.05) is 16.0 Å². The maximum atomic E-state index is 12.5. The fourth-order valence-corrected chi connectivity index (χ4v) is 3.89. The second kappa shape index (κ2) is 3.94. The van der Waals surface area contributed by atoms with Crippen LogP contribution in [0.2, 0.25) is 0 Å². The van der Waals surface area contributed by atoms with E-state index in [-0.39, 0.29) is 0 Å². The molecule has 0 amide bonds. The van der Waals surface area contributed by atoms with Crippen LogP contribution in [-0.2, 0) is 0 Å². The van der Waals surface area contributed by atoms with Gasteiger partial charge in [0.05, 0.1) is 0 Å². The van der Waals surface area contributed by atoms with Crippen molar-refractivity contribution in [1.82, 2.24) is 0 Å². The summed E-state index contributed by atoms with van der Waals surface area (Å²) < 4.78 is 1.10. The van der Waals surface area contributed by atoms with Crippen molar-refractivity contribution in [3.05, 3.63) is 33.3 Å². The van der Waals surface area contributed by atoms with Gasteiger partial charge in [-0.15, -0.1) is 0 Å². The number of halogens is 1. The zero-order valence-electron chi connectivity index (χ0n) is 10.3. The Labute approximate surface area is 111 Å². The monoisotopic (exact) mass is 292 g/mol. The van der Waals surface area contributed by atoms with E-state index in [9.17, 15) is 4.79 Å². The highest BCUT2D eigenvalue weighted by atomic mass is 79.9. The lowest BCUT2D eigenvalue weighted by atomic mass is 9.96. The molecule has 0 saturated heterocycles. The molecule has 1 nitrogen and oxygen atoms in total. The van der Waals surface area contributed by atoms with E-state index in [0.29, 0.717) is 23.5 Å². The van der Waals surface area contributed by atoms with Gasteiger partial charge in [0.2, 0.25) is 0 Å². The van der Waals surface area contributed by atoms with E-state index in [2.05, 4.69) is 28.1 Å². The molecule has 2 aliphatic carbocycles. The normalized spacial score (nSPS) is 30.2. The summed E-state index contributed by atoms with van der Waals surface area (Å²) in [5, 5.41) is 0. The molecule has 2 aliphatic rings. The fraction of sp³-hybridized carbons (Fsp3) is 0.533. The van der Waals surface area contributed by atoms with E-state index in [1.807, 2.05) is 13.8 Å². The predicted molar refractivity (Wildman–Crippen MR) is 72.3 cm³/mol. The van der Waals surface area contributed by atoms with Crippen LogP contribution in [-0.4, -0.2) is 5.78 Å². The molecule has 1 aromatic rings. The van der Waals surface area contributed by atoms with Crippen LogP contribution in [0.15, 0.2) is 16.6 Å². The molecule has 0 aliphatic heterocycles. The quantitative estimate of drug-likeness (QED) is 0.743. The second-order valence-electron chi connectivity index (χ2n) is 5.56. The molecule has 0 radical (unpaired) electrons. The number of carbonyl (C=O) groups is 1. The number of carbonyl (C=O) groups excluding carboxylic acids is 1. The van der Waals surface area contributed by atoms with Crippen molar-refractivity contribution >= 4 is 21.7 Å². The summed E-state index contributed by atoms with van der Waals surface area (Å²) in [4.78, 5) is 12.5. The van der Waals surface area contributed by atoms with Crippen LogP contribution < -0.4 is 0 Å². The van der Waals surface area contributed by atoms with Gasteiger partial charge >= 0.3 is 0 Å². The molecular weight excluding hydrogens is 276 g/mol. The summed E-state index contributed by atoms with van der Waals surface area (Å²) in [6.45, 7) is 4.09. The molecule has 1 aromatic carbocycles. The van der Waals surface area contributed by atoms with Gasteiger partial charge in [-0.3, -0.25) is 4.79 Å². The molecule has 3 rings (SSSR count). The summed E-state index contributed by atoms with van der Waals surface area (Å²) in [6, 6.07) is 4.12. The maximum Gasteiger partial charge on any atom is 0.166 e. The van der Waals surface area contributed by atoms with E-state index in [0.717, 1.165) is 21.2 Å². The zero-order chi connectivity index (χ0) is 12.2. The Bertz CT molecular complexity index is 482. The maximum absolute atomic E-state index is 12.5. The number of fused-ring (bicyclic) bond motifs is 1. The number of rotatable bonds is 2. The van der Waals surface area contributed by atoms with Crippen LogP contribution in [0.25, 0.3) is 0 Å². The van der Waals surface area contributed by atoms with E-state index < -0.39 is 0 Å². The third kappa shape index (κ3) is 1.77. The lowest BCUT2D eigenvalue weighted by Gasteiger charge is -2.09. The molecule has 0 bridgehead atoms. The molecule has 2 unspecified atom stereocenters. The molecule has 0 spiro atoms. The number of hydrogen-bond donors (Lipinski definition) is 0. The molecule has 0 N–H and O–H groups in total. The average Bonchev–Trinajstić information content (AvgIpc) is 2.76. The molecule has 2 saturated carbocycles. The highest BCUT2D eigenvalue weighted by Crippen LogP contribution is 2.58. The minimum Gasteiger partial charge on any atom is -0.294 e. The van der Waals surface area contributed by atoms with Gasteiger partial charge in [-0.05, 0) is 61.8 Å². The van der Waals surface area contributed by atoms with Crippen molar-refractivity contribution in [2.24, 2.45) is 17.8 Å². The van der Waals surface area contributed by atoms with Gasteiger partial charge in [-0.1, -0.05) is 22.4 Å². The SMILES string of the molecule is Cc1cc(C(=O)C2C3CCCC32)c(C)cc1Br. The van der Waals surface area contributed by atoms with E-state index in [1.54, 1.807) is 0 Å². The molecule has 2 fully saturated rings. The van der Waals surface area contributed by atoms with Crippen molar-refractivity contribution in [1.29, 1.82) is 0 Å². The number of Topliss-reactive ketones (excluding diaryl/α,β-unsaturated/α-hetero) is 1. The predicted octanol–water partition coefficient (Wildman–Crippen LogP) is 4.29. The van der Waals surface area contributed by atoms with Gasteiger partial charge in [-0.2, -0.15) is 0 Å². The highest BCUT2D eigenvalue weighted by Gasteiger charge is 2.56. The molecule has 90 valence electrons. The lowest BCUT2D eigenvalue weighted by molar-refractivity contribution is 0.0951. The first-order valence-electron chi connectivity index (χ1n) is 6.40. The number of benzene rings is 1. The Morgan fingerprint density at radius 2 is 1.82 bits per heavy atom. The topological polar surface area (TPSA) is 17.1 Å². The number of aryl methyl sites for hydroxylation is 2. The van der Waals surface area contributed by atoms with Crippen LogP contribution >= 0.6 is 15.9 Å². The number of ketones is 1. The largest absolute Gasteiger partial charge is 0.294 e. The van der Waals surface area contributed by atoms with Gasteiger partial charge < -0.3 is 0 Å². The first-order valence-corrected chi connectivity index (χ1v) is 7.20. The molecule has 0 aromatic heterocycles. The lowest BCUT2D eigenvalue weighted by Crippen LogP contribution is -2.08. The minimum atomic E-state index is 0.350. The van der Waals surface area contributed by atoms with Crippen molar-refractivity contribution in [3.63, 3.8) is 0 Å². The van der Waals surface area contributed by atoms with Gasteiger partial charge in [-0.25, -0.2) is 0 Å². The smallest absolute Gasteiger partial charge is 0.166 e. The molecular formula is C15H17BrO. The Hall–Kier alpha value is -0.630. The third-order valence-corrected chi connectivity index (χ3v) is 5.33. The van der Waals surface area contributed by atoms with Crippen molar-refractivity contribution in [2.45, 2.75) is 33.1 Å². The van der Waals surface area contributed by atoms with Crippen LogP contribution in [0.4, 0.5) is 0 Å². The van der Waals surface area contributed by atoms with E-state index >= 15 is 0 Å². The van der Waals surface area contributed by atoms with Crippen molar-refractivity contribution in [3.8, 4) is 0 Å². The summed E-state index contributed by atoms with van der Waals surface area (Å²) in [5.74, 6) is 2.17. The van der Waals surface area contributed by atoms with Gasteiger partial charge in [0.25, 0.3) is 0 Å². The molecule has 0 heterocycles. The molecule has 17 heavy (non-hydrogen) atoms. The second-order valence-corrected chi connectivity index (χ2v) is 6.42. The summed E-state index contributed by atoms with van der Waals surface area (Å²) in [6.07, 6.45) is 3.88. The van der Waals surface area contributed by atoms with Gasteiger partial charge in [0.15, 0.2) is 5.78 Å². The van der Waals surface area contributed by atoms with Crippen LogP contribution in [0.1, 0.15) is 40.7 Å². The standard InChI is InChI=1S/C15H17BrO/c1-8-7-13(16)9(2)6-12(8)15(17)14-10-4-3-5-11(10)14/h6-7,10-11,14H,3-5H2,1-2H3. The summed E-state index contributed by atoms with van der Waals surface area (Å²) in [7, 11) is 0. The highest BCUT2D eigenvalue weighted by molar-refractivity contribution is 9.10. The summed E-state index contributed by atoms with van der Waals surface area (Å²) >= 11 is 3.52.